The van der Waals surface area contributed by atoms with Crippen molar-refractivity contribution < 1.29 is 0 Å². The number of hydrogen-bond donors (Lipinski definition) is 0. The van der Waals surface area contributed by atoms with Crippen LogP contribution in [0.15, 0.2) is 43.5 Å². The van der Waals surface area contributed by atoms with Crippen LogP contribution >= 0.6 is 12.1 Å². The quantitative estimate of drug-likeness (QED) is 0.411. The summed E-state index contributed by atoms with van der Waals surface area (Å²) in [5.74, 6) is 0. The molecular weight excluding hydrogens is 378 g/mol. The molecule has 25 heavy (non-hydrogen) atoms. The zero-order valence-electron chi connectivity index (χ0n) is 17.0. The average Bonchev–Trinajstić information content (AvgIpc) is 2.99. The van der Waals surface area contributed by atoms with Gasteiger partial charge in [0.05, 0.1) is 0 Å². The molecular formula is C21H30P2S2. The maximum atomic E-state index is 6.58. The van der Waals surface area contributed by atoms with Crippen LogP contribution in [-0.4, -0.2) is 11.8 Å². The van der Waals surface area contributed by atoms with Crippen molar-refractivity contribution in [2.45, 2.75) is 68.0 Å². The molecule has 5 atom stereocenters. The normalized spacial score (nSPS) is 48.8. The van der Waals surface area contributed by atoms with E-state index < -0.39 is 12.1 Å². The van der Waals surface area contributed by atoms with Crippen LogP contribution in [0.1, 0.15) is 62.3 Å². The molecule has 0 amide bonds. The molecule has 0 spiro atoms. The maximum absolute atomic E-state index is 6.58. The van der Waals surface area contributed by atoms with Gasteiger partial charge in [0.1, 0.15) is 0 Å². The second-order valence-electron chi connectivity index (χ2n) is 9.13. The SMILES string of the molecule is CC1=C(C)P2(=S)C[C@@]1(C)C(C)=C2C1=C(C)[C@@]2(C)C(C)=C(C)P1(=S)C2C. The Morgan fingerprint density at radius 3 is 1.84 bits per heavy atom. The van der Waals surface area contributed by atoms with E-state index in [1.54, 1.807) is 32.9 Å². The highest BCUT2D eigenvalue weighted by atomic mass is 32.4. The molecule has 0 N–H and O–H groups in total. The Morgan fingerprint density at radius 1 is 0.800 bits per heavy atom. The van der Waals surface area contributed by atoms with Crippen LogP contribution in [0.5, 0.6) is 0 Å². The van der Waals surface area contributed by atoms with Crippen molar-refractivity contribution in [3.8, 4) is 0 Å². The molecule has 0 nitrogen and oxygen atoms in total. The molecule has 3 unspecified atom stereocenters. The first-order valence-electron chi connectivity index (χ1n) is 9.30. The molecule has 4 aliphatic rings. The highest BCUT2D eigenvalue weighted by molar-refractivity contribution is 8.22. The first-order valence-corrected chi connectivity index (χ1v) is 15.2. The lowest BCUT2D eigenvalue weighted by atomic mass is 9.73. The number of rotatable bonds is 1. The maximum Gasteiger partial charge on any atom is 0.0181 e. The molecule has 136 valence electrons. The van der Waals surface area contributed by atoms with Gasteiger partial charge in [0, 0.05) is 28.6 Å². The van der Waals surface area contributed by atoms with E-state index in [4.69, 9.17) is 23.6 Å². The third kappa shape index (κ3) is 1.62. The Hall–Kier alpha value is 0.260. The molecule has 0 aliphatic carbocycles. The Balaban J connectivity index is 2.07. The van der Waals surface area contributed by atoms with Crippen LogP contribution in [0.2, 0.25) is 0 Å². The molecule has 4 bridgehead atoms. The van der Waals surface area contributed by atoms with Gasteiger partial charge in [-0.05, 0) is 69.0 Å². The fourth-order valence-electron chi connectivity index (χ4n) is 6.26. The summed E-state index contributed by atoms with van der Waals surface area (Å²) in [5.41, 5.74) is 7.14. The average molecular weight is 409 g/mol. The first kappa shape index (κ1) is 18.6. The molecule has 0 fully saturated rings. The molecule has 4 rings (SSSR count). The molecule has 0 saturated carbocycles. The van der Waals surface area contributed by atoms with Gasteiger partial charge in [0.25, 0.3) is 0 Å². The van der Waals surface area contributed by atoms with Crippen molar-refractivity contribution in [2.75, 3.05) is 6.16 Å². The Labute approximate surface area is 163 Å². The van der Waals surface area contributed by atoms with E-state index in [-0.39, 0.29) is 10.8 Å². The van der Waals surface area contributed by atoms with Crippen molar-refractivity contribution in [1.82, 2.24) is 0 Å². The summed E-state index contributed by atoms with van der Waals surface area (Å²) in [6, 6.07) is -3.35. The van der Waals surface area contributed by atoms with E-state index in [2.05, 4.69) is 62.3 Å². The van der Waals surface area contributed by atoms with Crippen molar-refractivity contribution in [2.24, 2.45) is 10.8 Å². The standard InChI is InChI=1S/C21H30P2S2/c1-11-15(5)22(24)10-20(11,8)13(3)18(22)19-14(4)21(9)12(2)16(6)23(19,25)17(21)7/h17H,10H2,1-9H3/t17?,20-,21-,22?,23?/m1/s1. The largest absolute Gasteiger partial charge is 0.0879 e. The third-order valence-electron chi connectivity index (χ3n) is 8.89. The predicted molar refractivity (Wildman–Crippen MR) is 121 cm³/mol. The van der Waals surface area contributed by atoms with Crippen molar-refractivity contribution in [3.05, 3.63) is 43.5 Å². The highest BCUT2D eigenvalue weighted by Crippen LogP contribution is 2.90. The zero-order chi connectivity index (χ0) is 18.9. The van der Waals surface area contributed by atoms with Crippen LogP contribution in [-0.2, 0) is 23.6 Å². The molecule has 0 aromatic heterocycles. The van der Waals surface area contributed by atoms with Gasteiger partial charge in [-0.25, -0.2) is 0 Å². The number of fused-ring (bicyclic) bond motifs is 4. The first-order chi connectivity index (χ1) is 11.3. The van der Waals surface area contributed by atoms with Gasteiger partial charge in [-0.1, -0.05) is 66.7 Å². The second kappa shape index (κ2) is 4.81. The molecule has 4 heterocycles. The summed E-state index contributed by atoms with van der Waals surface area (Å²) in [5, 5.41) is 6.23. The molecule has 0 aromatic rings. The van der Waals surface area contributed by atoms with Crippen LogP contribution < -0.4 is 0 Å². The zero-order valence-corrected chi connectivity index (χ0v) is 20.4. The van der Waals surface area contributed by atoms with Crippen molar-refractivity contribution in [1.29, 1.82) is 0 Å². The summed E-state index contributed by atoms with van der Waals surface area (Å²) in [6.45, 7) is 21.3. The van der Waals surface area contributed by atoms with Gasteiger partial charge >= 0.3 is 0 Å². The van der Waals surface area contributed by atoms with E-state index in [9.17, 15) is 0 Å². The van der Waals surface area contributed by atoms with Crippen LogP contribution in [0.4, 0.5) is 0 Å². The van der Waals surface area contributed by atoms with Gasteiger partial charge < -0.3 is 0 Å². The topological polar surface area (TPSA) is 0 Å². The van der Waals surface area contributed by atoms with E-state index in [0.717, 1.165) is 0 Å². The molecule has 0 radical (unpaired) electrons. The lowest BCUT2D eigenvalue weighted by Gasteiger charge is -2.34. The van der Waals surface area contributed by atoms with Crippen LogP contribution in [0.3, 0.4) is 0 Å². The minimum Gasteiger partial charge on any atom is -0.0879 e. The summed E-state index contributed by atoms with van der Waals surface area (Å²) in [6.07, 6.45) is 1.17. The summed E-state index contributed by atoms with van der Waals surface area (Å²) < 4.78 is 0. The van der Waals surface area contributed by atoms with Gasteiger partial charge in [-0.15, -0.1) is 0 Å². The number of allylic oxidation sites excluding steroid dienone is 8. The molecule has 4 aliphatic heterocycles. The van der Waals surface area contributed by atoms with Gasteiger partial charge in [0.2, 0.25) is 0 Å². The van der Waals surface area contributed by atoms with E-state index in [1.165, 1.54) is 16.8 Å². The second-order valence-corrected chi connectivity index (χ2v) is 18.9. The van der Waals surface area contributed by atoms with Crippen molar-refractivity contribution >= 4 is 35.7 Å². The number of hydrogen-bond acceptors (Lipinski definition) is 2. The van der Waals surface area contributed by atoms with E-state index >= 15 is 0 Å². The molecule has 4 heteroatoms. The predicted octanol–water partition coefficient (Wildman–Crippen LogP) is 7.54. The lowest BCUT2D eigenvalue weighted by Crippen LogP contribution is -2.24. The molecule has 0 saturated heterocycles. The Bertz CT molecular complexity index is 987. The fourth-order valence-corrected chi connectivity index (χ4v) is 19.8. The third-order valence-corrected chi connectivity index (χ3v) is 21.1. The van der Waals surface area contributed by atoms with Gasteiger partial charge in [-0.2, -0.15) is 0 Å². The smallest absolute Gasteiger partial charge is 0.0181 e. The summed E-state index contributed by atoms with van der Waals surface area (Å²) in [4.78, 5) is 0. The summed E-state index contributed by atoms with van der Waals surface area (Å²) >= 11 is 13.1. The van der Waals surface area contributed by atoms with E-state index in [1.807, 2.05) is 0 Å². The fraction of sp³-hybridized carbons (Fsp3) is 0.619. The monoisotopic (exact) mass is 408 g/mol. The molecule has 0 aromatic carbocycles. The van der Waals surface area contributed by atoms with Crippen LogP contribution in [0, 0.1) is 10.8 Å². The highest BCUT2D eigenvalue weighted by Gasteiger charge is 2.62. The Morgan fingerprint density at radius 2 is 1.36 bits per heavy atom. The Kier molecular flexibility index (Phi) is 3.58. The minimum atomic E-state index is -1.71. The van der Waals surface area contributed by atoms with Crippen LogP contribution in [0.25, 0.3) is 0 Å². The van der Waals surface area contributed by atoms with Gasteiger partial charge in [0.15, 0.2) is 0 Å². The van der Waals surface area contributed by atoms with Crippen molar-refractivity contribution in [3.63, 3.8) is 0 Å². The van der Waals surface area contributed by atoms with E-state index in [0.29, 0.717) is 5.66 Å². The van der Waals surface area contributed by atoms with Gasteiger partial charge in [-0.3, -0.25) is 0 Å². The lowest BCUT2D eigenvalue weighted by molar-refractivity contribution is 0.488. The minimum absolute atomic E-state index is 0.160. The summed E-state index contributed by atoms with van der Waals surface area (Å²) in [7, 11) is 0.